The third kappa shape index (κ3) is 10.6. The maximum absolute atomic E-state index is 6.02. The molecule has 0 unspecified atom stereocenters. The summed E-state index contributed by atoms with van der Waals surface area (Å²) in [4.78, 5) is 4.66. The summed E-state index contributed by atoms with van der Waals surface area (Å²) in [5.41, 5.74) is 1.27. The van der Waals surface area contributed by atoms with E-state index in [0.717, 1.165) is 51.5 Å². The molecule has 20 heavy (non-hydrogen) atoms. The summed E-state index contributed by atoms with van der Waals surface area (Å²) < 4.78 is 12.0. The van der Waals surface area contributed by atoms with Crippen LogP contribution in [0.15, 0.2) is 4.99 Å². The Hall–Kier alpha value is -0.193. The SMILES string of the molecule is CCCO[Si](C)(CCCN=C(C)CC(C)C)OCCC. The van der Waals surface area contributed by atoms with Crippen molar-refractivity contribution in [1.82, 2.24) is 0 Å². The monoisotopic (exact) mass is 301 g/mol. The van der Waals surface area contributed by atoms with Crippen LogP contribution in [0.2, 0.25) is 12.6 Å². The second-order valence-corrected chi connectivity index (χ2v) is 9.49. The summed E-state index contributed by atoms with van der Waals surface area (Å²) >= 11 is 0. The fourth-order valence-corrected chi connectivity index (χ4v) is 4.59. The summed E-state index contributed by atoms with van der Waals surface area (Å²) in [6.45, 7) is 15.7. The Morgan fingerprint density at radius 2 is 1.65 bits per heavy atom. The smallest absolute Gasteiger partial charge is 0.334 e. The summed E-state index contributed by atoms with van der Waals surface area (Å²) in [6, 6.07) is 1.05. The number of hydrogen-bond donors (Lipinski definition) is 0. The third-order valence-corrected chi connectivity index (χ3v) is 5.99. The maximum atomic E-state index is 6.02. The van der Waals surface area contributed by atoms with Gasteiger partial charge < -0.3 is 8.85 Å². The first kappa shape index (κ1) is 19.8. The molecule has 0 saturated carbocycles. The van der Waals surface area contributed by atoms with Crippen molar-refractivity contribution < 1.29 is 8.85 Å². The zero-order chi connectivity index (χ0) is 15.4. The molecule has 0 N–H and O–H groups in total. The molecule has 4 heteroatoms. The average Bonchev–Trinajstić information content (AvgIpc) is 2.39. The van der Waals surface area contributed by atoms with Crippen molar-refractivity contribution in [2.45, 2.75) is 72.9 Å². The normalized spacial score (nSPS) is 13.2. The van der Waals surface area contributed by atoms with Crippen molar-refractivity contribution in [2.75, 3.05) is 19.8 Å². The van der Waals surface area contributed by atoms with Crippen LogP contribution in [0.1, 0.15) is 60.3 Å². The van der Waals surface area contributed by atoms with Crippen molar-refractivity contribution in [1.29, 1.82) is 0 Å². The van der Waals surface area contributed by atoms with E-state index in [9.17, 15) is 0 Å². The molecule has 0 bridgehead atoms. The van der Waals surface area contributed by atoms with Gasteiger partial charge in [-0.05, 0) is 51.1 Å². The standard InChI is InChI=1S/C16H35NO2Si/c1-7-11-18-20(6,19-12-8-2)13-9-10-17-16(5)14-15(3)4/h15H,7-14H2,1-6H3. The van der Waals surface area contributed by atoms with Crippen molar-refractivity contribution >= 4 is 14.3 Å². The van der Waals surface area contributed by atoms with Gasteiger partial charge in [0.15, 0.2) is 0 Å². The summed E-state index contributed by atoms with van der Waals surface area (Å²) in [5.74, 6) is 0.694. The van der Waals surface area contributed by atoms with E-state index in [1.807, 2.05) is 0 Å². The van der Waals surface area contributed by atoms with Crippen molar-refractivity contribution in [3.63, 3.8) is 0 Å². The van der Waals surface area contributed by atoms with Crippen LogP contribution in [0.5, 0.6) is 0 Å². The first-order valence-corrected chi connectivity index (χ1v) is 10.7. The molecular formula is C16H35NO2Si. The minimum absolute atomic E-state index is 0.694. The van der Waals surface area contributed by atoms with E-state index in [2.05, 4.69) is 46.2 Å². The van der Waals surface area contributed by atoms with Crippen molar-refractivity contribution in [2.24, 2.45) is 10.9 Å². The molecule has 0 aliphatic heterocycles. The molecular weight excluding hydrogens is 266 g/mol. The fourth-order valence-electron chi connectivity index (χ4n) is 2.15. The fraction of sp³-hybridized carbons (Fsp3) is 0.938. The molecule has 0 aliphatic rings. The molecule has 0 saturated heterocycles. The Morgan fingerprint density at radius 3 is 2.10 bits per heavy atom. The lowest BCUT2D eigenvalue weighted by molar-refractivity contribution is 0.173. The van der Waals surface area contributed by atoms with Crippen LogP contribution < -0.4 is 0 Å². The van der Waals surface area contributed by atoms with E-state index in [0.29, 0.717) is 5.92 Å². The highest BCUT2D eigenvalue weighted by atomic mass is 28.4. The van der Waals surface area contributed by atoms with E-state index in [1.165, 1.54) is 5.71 Å². The molecule has 0 heterocycles. The average molecular weight is 302 g/mol. The van der Waals surface area contributed by atoms with E-state index >= 15 is 0 Å². The zero-order valence-corrected chi connectivity index (χ0v) is 15.5. The van der Waals surface area contributed by atoms with Gasteiger partial charge in [0.1, 0.15) is 0 Å². The minimum atomic E-state index is -1.96. The topological polar surface area (TPSA) is 30.8 Å². The molecule has 120 valence electrons. The molecule has 0 atom stereocenters. The third-order valence-electron chi connectivity index (χ3n) is 3.10. The van der Waals surface area contributed by atoms with Crippen LogP contribution >= 0.6 is 0 Å². The van der Waals surface area contributed by atoms with Crippen molar-refractivity contribution in [3.05, 3.63) is 0 Å². The van der Waals surface area contributed by atoms with Gasteiger partial charge in [-0.15, -0.1) is 0 Å². The Kier molecular flexibility index (Phi) is 11.4. The molecule has 0 aliphatic carbocycles. The van der Waals surface area contributed by atoms with E-state index in [1.54, 1.807) is 0 Å². The van der Waals surface area contributed by atoms with Gasteiger partial charge in [0, 0.05) is 25.5 Å². The highest BCUT2D eigenvalue weighted by Gasteiger charge is 2.30. The number of nitrogens with zero attached hydrogens (tertiary/aromatic N) is 1. The second kappa shape index (κ2) is 11.5. The molecule has 0 aromatic carbocycles. The Balaban J connectivity index is 4.12. The second-order valence-electron chi connectivity index (χ2n) is 6.15. The van der Waals surface area contributed by atoms with Crippen LogP contribution in [-0.2, 0) is 8.85 Å². The van der Waals surface area contributed by atoms with E-state index < -0.39 is 8.56 Å². The minimum Gasteiger partial charge on any atom is -0.394 e. The van der Waals surface area contributed by atoms with Crippen LogP contribution in [0.3, 0.4) is 0 Å². The van der Waals surface area contributed by atoms with Crippen LogP contribution in [0.4, 0.5) is 0 Å². The lowest BCUT2D eigenvalue weighted by Gasteiger charge is -2.26. The van der Waals surface area contributed by atoms with Crippen LogP contribution in [0, 0.1) is 5.92 Å². The van der Waals surface area contributed by atoms with Gasteiger partial charge in [-0.2, -0.15) is 0 Å². The number of aliphatic imine (C=N–C) groups is 1. The zero-order valence-electron chi connectivity index (χ0n) is 14.5. The summed E-state index contributed by atoms with van der Waals surface area (Å²) in [7, 11) is -1.96. The highest BCUT2D eigenvalue weighted by molar-refractivity contribution is 6.66. The molecule has 0 radical (unpaired) electrons. The summed E-state index contributed by atoms with van der Waals surface area (Å²) in [5, 5.41) is 0. The number of hydrogen-bond acceptors (Lipinski definition) is 3. The number of rotatable bonds is 12. The van der Waals surface area contributed by atoms with Gasteiger partial charge in [-0.3, -0.25) is 4.99 Å². The van der Waals surface area contributed by atoms with Gasteiger partial charge in [0.2, 0.25) is 0 Å². The Labute approximate surface area is 127 Å². The highest BCUT2D eigenvalue weighted by Crippen LogP contribution is 2.17. The molecule has 0 fully saturated rings. The molecule has 0 rings (SSSR count). The van der Waals surface area contributed by atoms with E-state index in [4.69, 9.17) is 8.85 Å². The van der Waals surface area contributed by atoms with Gasteiger partial charge >= 0.3 is 8.56 Å². The van der Waals surface area contributed by atoms with Gasteiger partial charge in [-0.1, -0.05) is 27.7 Å². The lowest BCUT2D eigenvalue weighted by atomic mass is 10.1. The Morgan fingerprint density at radius 1 is 1.10 bits per heavy atom. The predicted octanol–water partition coefficient (Wildman–Crippen LogP) is 4.81. The quantitative estimate of drug-likeness (QED) is 0.294. The summed E-state index contributed by atoms with van der Waals surface area (Å²) in [6.07, 6.45) is 4.30. The maximum Gasteiger partial charge on any atom is 0.334 e. The molecule has 0 aromatic rings. The predicted molar refractivity (Wildman–Crippen MR) is 91.0 cm³/mol. The molecule has 3 nitrogen and oxygen atoms in total. The van der Waals surface area contributed by atoms with Gasteiger partial charge in [0.25, 0.3) is 0 Å². The van der Waals surface area contributed by atoms with Crippen molar-refractivity contribution in [3.8, 4) is 0 Å². The molecule has 0 spiro atoms. The van der Waals surface area contributed by atoms with Crippen LogP contribution in [-0.4, -0.2) is 34.0 Å². The van der Waals surface area contributed by atoms with E-state index in [-0.39, 0.29) is 0 Å². The lowest BCUT2D eigenvalue weighted by Crippen LogP contribution is -2.39. The van der Waals surface area contributed by atoms with Gasteiger partial charge in [0.05, 0.1) is 0 Å². The largest absolute Gasteiger partial charge is 0.394 e. The molecule has 0 amide bonds. The Bertz CT molecular complexity index is 259. The first-order chi connectivity index (χ1) is 9.43. The van der Waals surface area contributed by atoms with Crippen LogP contribution in [0.25, 0.3) is 0 Å². The molecule has 0 aromatic heterocycles. The van der Waals surface area contributed by atoms with Gasteiger partial charge in [-0.25, -0.2) is 0 Å². The first-order valence-electron chi connectivity index (χ1n) is 8.21.